The quantitative estimate of drug-likeness (QED) is 0.833. The van der Waals surface area contributed by atoms with Crippen molar-refractivity contribution in [2.75, 3.05) is 13.1 Å². The van der Waals surface area contributed by atoms with Gasteiger partial charge in [-0.05, 0) is 26.0 Å². The molecule has 0 unspecified atom stereocenters. The maximum absolute atomic E-state index is 11.8. The highest BCUT2D eigenvalue weighted by Gasteiger charge is 2.59. The Morgan fingerprint density at radius 3 is 2.63 bits per heavy atom. The lowest BCUT2D eigenvalue weighted by Gasteiger charge is -2.43. The van der Waals surface area contributed by atoms with Gasteiger partial charge in [0.1, 0.15) is 0 Å². The Hall–Kier alpha value is -0.630. The van der Waals surface area contributed by atoms with Crippen LogP contribution in [0.4, 0.5) is 0 Å². The molecule has 0 bridgehead atoms. The van der Waals surface area contributed by atoms with Gasteiger partial charge in [0, 0.05) is 24.5 Å². The van der Waals surface area contributed by atoms with Gasteiger partial charge in [0.05, 0.1) is 4.34 Å². The number of carbonyl (C=O) groups is 1. The number of amides is 1. The summed E-state index contributed by atoms with van der Waals surface area (Å²) in [7, 11) is -3.47. The Balaban J connectivity index is 1.80. The highest BCUT2D eigenvalue weighted by Crippen LogP contribution is 2.34. The van der Waals surface area contributed by atoms with E-state index < -0.39 is 14.8 Å². The second-order valence-electron chi connectivity index (χ2n) is 4.78. The lowest BCUT2D eigenvalue weighted by molar-refractivity contribution is -0.132. The summed E-state index contributed by atoms with van der Waals surface area (Å²) >= 11 is 7.27. The van der Waals surface area contributed by atoms with Crippen molar-refractivity contribution in [3.05, 3.63) is 21.3 Å². The van der Waals surface area contributed by atoms with Gasteiger partial charge in [-0.3, -0.25) is 4.79 Å². The largest absolute Gasteiger partial charge is 0.310 e. The van der Waals surface area contributed by atoms with Crippen molar-refractivity contribution in [1.29, 1.82) is 0 Å². The third kappa shape index (κ3) is 2.52. The molecule has 106 valence electrons. The molecule has 1 saturated heterocycles. The number of sulfonamides is 1. The molecule has 0 radical (unpaired) electrons. The fourth-order valence-electron chi connectivity index (χ4n) is 1.82. The predicted molar refractivity (Wildman–Crippen MR) is 75.7 cm³/mol. The Morgan fingerprint density at radius 1 is 1.42 bits per heavy atom. The molecular formula is C11H15ClN2O3S2. The van der Waals surface area contributed by atoms with Gasteiger partial charge < -0.3 is 5.32 Å². The fourth-order valence-corrected chi connectivity index (χ4v) is 4.40. The van der Waals surface area contributed by atoms with Gasteiger partial charge >= 0.3 is 0 Å². The normalized spacial score (nSPS) is 20.4. The molecule has 1 aliphatic heterocycles. The molecule has 0 aliphatic carbocycles. The summed E-state index contributed by atoms with van der Waals surface area (Å²) in [5.74, 6) is -0.339. The molecule has 2 rings (SSSR count). The topological polar surface area (TPSA) is 66.5 Å². The van der Waals surface area contributed by atoms with Crippen LogP contribution >= 0.6 is 22.9 Å². The van der Waals surface area contributed by atoms with Gasteiger partial charge in [0.2, 0.25) is 0 Å². The highest BCUT2D eigenvalue weighted by atomic mass is 35.5. The molecule has 1 amide bonds. The number of hydrogen-bond donors (Lipinski definition) is 1. The van der Waals surface area contributed by atoms with E-state index in [1.165, 1.54) is 25.2 Å². The first-order chi connectivity index (χ1) is 8.76. The van der Waals surface area contributed by atoms with Crippen LogP contribution in [0, 0.1) is 0 Å². The summed E-state index contributed by atoms with van der Waals surface area (Å²) in [5.41, 5.74) is 0. The van der Waals surface area contributed by atoms with Crippen molar-refractivity contribution in [3.8, 4) is 0 Å². The number of halogens is 1. The van der Waals surface area contributed by atoms with Crippen molar-refractivity contribution in [2.45, 2.75) is 25.1 Å². The zero-order valence-corrected chi connectivity index (χ0v) is 13.0. The Kier molecular flexibility index (Phi) is 3.92. The smallest absolute Gasteiger partial charge is 0.258 e. The monoisotopic (exact) mass is 322 g/mol. The van der Waals surface area contributed by atoms with Crippen LogP contribution in [-0.2, 0) is 21.4 Å². The minimum absolute atomic E-state index is 0.170. The molecule has 1 aliphatic rings. The summed E-state index contributed by atoms with van der Waals surface area (Å²) in [6, 6.07) is 3.73. The third-order valence-electron chi connectivity index (χ3n) is 3.10. The summed E-state index contributed by atoms with van der Waals surface area (Å²) in [6.45, 7) is 4.08. The molecule has 1 aromatic rings. The molecule has 1 fully saturated rings. The second kappa shape index (κ2) is 5.05. The van der Waals surface area contributed by atoms with E-state index in [9.17, 15) is 13.2 Å². The van der Waals surface area contributed by atoms with Gasteiger partial charge in [-0.2, -0.15) is 0 Å². The van der Waals surface area contributed by atoms with Gasteiger partial charge in [-0.15, -0.1) is 11.3 Å². The van der Waals surface area contributed by atoms with Crippen molar-refractivity contribution < 1.29 is 13.2 Å². The molecule has 0 atom stereocenters. The van der Waals surface area contributed by atoms with Crippen LogP contribution in [0.25, 0.3) is 0 Å². The average Bonchev–Trinajstić information content (AvgIpc) is 2.73. The van der Waals surface area contributed by atoms with Crippen LogP contribution in [0.5, 0.6) is 0 Å². The first kappa shape index (κ1) is 14.8. The number of rotatable bonds is 5. The van der Waals surface area contributed by atoms with E-state index in [1.54, 1.807) is 0 Å². The zero-order chi connectivity index (χ0) is 14.3. The maximum atomic E-state index is 11.8. The molecule has 0 aromatic carbocycles. The molecule has 19 heavy (non-hydrogen) atoms. The molecule has 0 spiro atoms. The minimum atomic E-state index is -3.47. The molecule has 2 heterocycles. The first-order valence-electron chi connectivity index (χ1n) is 5.78. The van der Waals surface area contributed by atoms with Crippen molar-refractivity contribution in [3.63, 3.8) is 0 Å². The maximum Gasteiger partial charge on any atom is 0.258 e. The van der Waals surface area contributed by atoms with E-state index in [1.807, 2.05) is 12.1 Å². The van der Waals surface area contributed by atoms with E-state index in [-0.39, 0.29) is 12.5 Å². The summed E-state index contributed by atoms with van der Waals surface area (Å²) in [4.78, 5) is 12.7. The third-order valence-corrected chi connectivity index (χ3v) is 6.72. The Morgan fingerprint density at radius 2 is 2.11 bits per heavy atom. The SMILES string of the molecule is CC1(C)C(=O)N(CCNCc2ccc(Cl)s2)S1(=O)=O. The van der Waals surface area contributed by atoms with Crippen LogP contribution in [-0.4, -0.2) is 36.5 Å². The molecule has 1 aromatic heterocycles. The Labute approximate surface area is 121 Å². The minimum Gasteiger partial charge on any atom is -0.310 e. The number of nitrogens with one attached hydrogen (secondary N) is 1. The standard InChI is InChI=1S/C11H15ClN2O3S2/c1-11(2)10(15)14(19(11,16)17)6-5-13-7-8-3-4-9(12)18-8/h3-4,13H,5-7H2,1-2H3. The number of thiophene rings is 1. The van der Waals surface area contributed by atoms with Gasteiger partial charge in [-0.25, -0.2) is 12.7 Å². The Bertz CT molecular complexity index is 595. The van der Waals surface area contributed by atoms with Gasteiger partial charge in [0.15, 0.2) is 4.75 Å². The van der Waals surface area contributed by atoms with Crippen LogP contribution in [0.2, 0.25) is 4.34 Å². The molecule has 8 heteroatoms. The molecular weight excluding hydrogens is 308 g/mol. The lowest BCUT2D eigenvalue weighted by Crippen LogP contribution is -2.67. The number of carbonyl (C=O) groups excluding carboxylic acids is 1. The molecule has 0 saturated carbocycles. The van der Waals surface area contributed by atoms with Gasteiger partial charge in [0.25, 0.3) is 15.9 Å². The first-order valence-corrected chi connectivity index (χ1v) is 8.42. The highest BCUT2D eigenvalue weighted by molar-refractivity contribution is 7.94. The van der Waals surface area contributed by atoms with Crippen LogP contribution in [0.3, 0.4) is 0 Å². The van der Waals surface area contributed by atoms with Crippen LogP contribution < -0.4 is 5.32 Å². The van der Waals surface area contributed by atoms with E-state index in [0.29, 0.717) is 13.1 Å². The van der Waals surface area contributed by atoms with E-state index in [4.69, 9.17) is 11.6 Å². The number of nitrogens with zero attached hydrogens (tertiary/aromatic N) is 1. The molecule has 1 N–H and O–H groups in total. The lowest BCUT2D eigenvalue weighted by atomic mass is 10.2. The van der Waals surface area contributed by atoms with Crippen molar-refractivity contribution in [2.24, 2.45) is 0 Å². The predicted octanol–water partition coefficient (Wildman–Crippen LogP) is 1.44. The zero-order valence-electron chi connectivity index (χ0n) is 10.6. The summed E-state index contributed by atoms with van der Waals surface area (Å²) < 4.78 is 24.0. The molecule has 5 nitrogen and oxygen atoms in total. The van der Waals surface area contributed by atoms with E-state index >= 15 is 0 Å². The number of hydrogen-bond acceptors (Lipinski definition) is 5. The van der Waals surface area contributed by atoms with Crippen molar-refractivity contribution in [1.82, 2.24) is 9.62 Å². The second-order valence-corrected chi connectivity index (χ2v) is 8.99. The van der Waals surface area contributed by atoms with Crippen LogP contribution in [0.15, 0.2) is 12.1 Å². The fraction of sp³-hybridized carbons (Fsp3) is 0.545. The van der Waals surface area contributed by atoms with E-state index in [0.717, 1.165) is 13.5 Å². The van der Waals surface area contributed by atoms with Gasteiger partial charge in [-0.1, -0.05) is 11.6 Å². The van der Waals surface area contributed by atoms with E-state index in [2.05, 4.69) is 5.32 Å². The van der Waals surface area contributed by atoms with Crippen LogP contribution in [0.1, 0.15) is 18.7 Å². The average molecular weight is 323 g/mol. The summed E-state index contributed by atoms with van der Waals surface area (Å²) in [6.07, 6.45) is 0. The summed E-state index contributed by atoms with van der Waals surface area (Å²) in [5, 5.41) is 3.09. The van der Waals surface area contributed by atoms with Crippen molar-refractivity contribution >= 4 is 38.9 Å².